The van der Waals surface area contributed by atoms with E-state index in [1.807, 2.05) is 0 Å². The summed E-state index contributed by atoms with van der Waals surface area (Å²) in [6.07, 6.45) is 1.56. The molecule has 5 nitrogen and oxygen atoms in total. The molecule has 13 heavy (non-hydrogen) atoms. The highest BCUT2D eigenvalue weighted by atomic mass is 32.1. The maximum Gasteiger partial charge on any atom is 0.287 e. The predicted octanol–water partition coefficient (Wildman–Crippen LogP) is 0.818. The van der Waals surface area contributed by atoms with Crippen LogP contribution < -0.4 is 5.73 Å². The molecule has 0 bridgehead atoms. The summed E-state index contributed by atoms with van der Waals surface area (Å²) in [5.74, 6) is 0. The molecule has 68 valence electrons. The highest BCUT2D eigenvalue weighted by molar-refractivity contribution is 7.80. The van der Waals surface area contributed by atoms with E-state index in [0.717, 1.165) is 0 Å². The van der Waals surface area contributed by atoms with Crippen molar-refractivity contribution in [2.45, 2.75) is 6.42 Å². The molecule has 0 aromatic carbocycles. The Kier molecular flexibility index (Phi) is 2.86. The van der Waals surface area contributed by atoms with Gasteiger partial charge in [-0.05, 0) is 6.07 Å². The fourth-order valence-electron chi connectivity index (χ4n) is 0.808. The Morgan fingerprint density at radius 3 is 2.77 bits per heavy atom. The van der Waals surface area contributed by atoms with Crippen LogP contribution >= 0.6 is 12.2 Å². The average molecular weight is 197 g/mol. The molecule has 1 aromatic rings. The second-order valence-electron chi connectivity index (χ2n) is 2.41. The van der Waals surface area contributed by atoms with Crippen molar-refractivity contribution >= 4 is 22.9 Å². The number of aromatic nitrogens is 1. The van der Waals surface area contributed by atoms with Crippen molar-refractivity contribution in [2.24, 2.45) is 5.73 Å². The van der Waals surface area contributed by atoms with Crippen molar-refractivity contribution in [3.8, 4) is 0 Å². The first-order valence-corrected chi connectivity index (χ1v) is 3.88. The number of hydrogen-bond donors (Lipinski definition) is 1. The molecule has 0 amide bonds. The van der Waals surface area contributed by atoms with E-state index in [2.05, 4.69) is 17.2 Å². The molecule has 0 saturated heterocycles. The van der Waals surface area contributed by atoms with E-state index in [-0.39, 0.29) is 5.69 Å². The number of thiocarbonyl (C=S) groups is 1. The first kappa shape index (κ1) is 9.53. The average Bonchev–Trinajstić information content (AvgIpc) is 2.04. The Morgan fingerprint density at radius 2 is 2.38 bits per heavy atom. The smallest absolute Gasteiger partial charge is 0.287 e. The largest absolute Gasteiger partial charge is 0.393 e. The van der Waals surface area contributed by atoms with Gasteiger partial charge in [0.1, 0.15) is 6.20 Å². The fourth-order valence-corrected chi connectivity index (χ4v) is 0.956. The van der Waals surface area contributed by atoms with Crippen molar-refractivity contribution in [2.75, 3.05) is 0 Å². The van der Waals surface area contributed by atoms with E-state index in [1.54, 1.807) is 0 Å². The number of rotatable bonds is 3. The lowest BCUT2D eigenvalue weighted by Gasteiger charge is -1.96. The van der Waals surface area contributed by atoms with Crippen LogP contribution in [0.25, 0.3) is 0 Å². The van der Waals surface area contributed by atoms with Gasteiger partial charge in [0.15, 0.2) is 0 Å². The van der Waals surface area contributed by atoms with Gasteiger partial charge in [-0.3, -0.25) is 15.1 Å². The van der Waals surface area contributed by atoms with Gasteiger partial charge in [-0.15, -0.1) is 0 Å². The maximum absolute atomic E-state index is 10.2. The van der Waals surface area contributed by atoms with Gasteiger partial charge in [-0.1, -0.05) is 12.2 Å². The molecule has 6 heteroatoms. The molecule has 0 aliphatic carbocycles. The van der Waals surface area contributed by atoms with Crippen molar-refractivity contribution in [3.63, 3.8) is 0 Å². The van der Waals surface area contributed by atoms with Crippen molar-refractivity contribution in [1.82, 2.24) is 4.98 Å². The first-order chi connectivity index (χ1) is 6.09. The van der Waals surface area contributed by atoms with Crippen LogP contribution in [0.15, 0.2) is 18.3 Å². The molecule has 1 rings (SSSR count). The SMILES string of the molecule is NC(=S)Cc1ccc([N+](=O)[O-])cn1. The molecule has 1 heterocycles. The van der Waals surface area contributed by atoms with E-state index < -0.39 is 4.92 Å². The summed E-state index contributed by atoms with van der Waals surface area (Å²) in [5.41, 5.74) is 5.88. The summed E-state index contributed by atoms with van der Waals surface area (Å²) >= 11 is 4.67. The highest BCUT2D eigenvalue weighted by Crippen LogP contribution is 2.08. The van der Waals surface area contributed by atoms with Crippen LogP contribution in [-0.4, -0.2) is 14.9 Å². The molecular weight excluding hydrogens is 190 g/mol. The number of nitrogens with zero attached hydrogens (tertiary/aromatic N) is 2. The zero-order valence-corrected chi connectivity index (χ0v) is 7.45. The topological polar surface area (TPSA) is 82.0 Å². The van der Waals surface area contributed by atoms with Crippen LogP contribution in [0, 0.1) is 10.1 Å². The lowest BCUT2D eigenvalue weighted by Crippen LogP contribution is -2.11. The summed E-state index contributed by atoms with van der Waals surface area (Å²) in [6.45, 7) is 0. The van der Waals surface area contributed by atoms with Gasteiger partial charge < -0.3 is 5.73 Å². The van der Waals surface area contributed by atoms with Gasteiger partial charge >= 0.3 is 0 Å². The number of nitro groups is 1. The van der Waals surface area contributed by atoms with Gasteiger partial charge in [-0.25, -0.2) is 0 Å². The normalized spacial score (nSPS) is 9.54. The summed E-state index contributed by atoms with van der Waals surface area (Å²) < 4.78 is 0. The molecule has 0 unspecified atom stereocenters. The van der Waals surface area contributed by atoms with E-state index in [4.69, 9.17) is 5.73 Å². The molecule has 0 atom stereocenters. The van der Waals surface area contributed by atoms with Crippen LogP contribution in [0.4, 0.5) is 5.69 Å². The quantitative estimate of drug-likeness (QED) is 0.440. The summed E-state index contributed by atoms with van der Waals surface area (Å²) in [5, 5.41) is 10.2. The van der Waals surface area contributed by atoms with Crippen LogP contribution in [0.5, 0.6) is 0 Å². The van der Waals surface area contributed by atoms with E-state index in [0.29, 0.717) is 17.1 Å². The van der Waals surface area contributed by atoms with Crippen molar-refractivity contribution in [1.29, 1.82) is 0 Å². The zero-order chi connectivity index (χ0) is 9.84. The van der Waals surface area contributed by atoms with Crippen LogP contribution in [0.3, 0.4) is 0 Å². The molecule has 1 aromatic heterocycles. The maximum atomic E-state index is 10.2. The van der Waals surface area contributed by atoms with Crippen molar-refractivity contribution in [3.05, 3.63) is 34.1 Å². The minimum absolute atomic E-state index is 0.0355. The minimum Gasteiger partial charge on any atom is -0.393 e. The van der Waals surface area contributed by atoms with Crippen LogP contribution in [0.1, 0.15) is 5.69 Å². The Bertz CT molecular complexity index is 336. The van der Waals surface area contributed by atoms with Gasteiger partial charge in [0.2, 0.25) is 0 Å². The van der Waals surface area contributed by atoms with Gasteiger partial charge in [-0.2, -0.15) is 0 Å². The second kappa shape index (κ2) is 3.90. The summed E-state index contributed by atoms with van der Waals surface area (Å²) in [4.78, 5) is 13.9. The molecule has 2 N–H and O–H groups in total. The molecule has 0 saturated carbocycles. The third kappa shape index (κ3) is 2.75. The molecule has 0 aliphatic heterocycles. The van der Waals surface area contributed by atoms with Crippen molar-refractivity contribution < 1.29 is 4.92 Å². The first-order valence-electron chi connectivity index (χ1n) is 3.47. The Hall–Kier alpha value is -1.56. The molecule has 0 aliphatic rings. The summed E-state index contributed by atoms with van der Waals surface area (Å²) in [6, 6.07) is 2.91. The van der Waals surface area contributed by atoms with Crippen LogP contribution in [-0.2, 0) is 6.42 Å². The molecule has 0 radical (unpaired) electrons. The summed E-state index contributed by atoms with van der Waals surface area (Å²) in [7, 11) is 0. The van der Waals surface area contributed by atoms with E-state index in [1.165, 1.54) is 18.3 Å². The Morgan fingerprint density at radius 1 is 1.69 bits per heavy atom. The lowest BCUT2D eigenvalue weighted by atomic mass is 10.2. The van der Waals surface area contributed by atoms with E-state index in [9.17, 15) is 10.1 Å². The van der Waals surface area contributed by atoms with Gasteiger partial charge in [0.05, 0.1) is 9.91 Å². The molecule has 0 spiro atoms. The molecular formula is C7H7N3O2S. The number of hydrogen-bond acceptors (Lipinski definition) is 4. The van der Waals surface area contributed by atoms with Gasteiger partial charge in [0.25, 0.3) is 5.69 Å². The predicted molar refractivity (Wildman–Crippen MR) is 51.4 cm³/mol. The van der Waals surface area contributed by atoms with Gasteiger partial charge in [0, 0.05) is 18.2 Å². The second-order valence-corrected chi connectivity index (χ2v) is 2.93. The third-order valence-corrected chi connectivity index (χ3v) is 1.52. The number of pyridine rings is 1. The fraction of sp³-hybridized carbons (Fsp3) is 0.143. The zero-order valence-electron chi connectivity index (χ0n) is 6.64. The van der Waals surface area contributed by atoms with E-state index >= 15 is 0 Å². The lowest BCUT2D eigenvalue weighted by molar-refractivity contribution is -0.385. The monoisotopic (exact) mass is 197 g/mol. The standard InChI is InChI=1S/C7H7N3O2S/c8-7(13)3-5-1-2-6(4-9-5)10(11)12/h1-2,4H,3H2,(H2,8,13). The minimum atomic E-state index is -0.502. The number of nitrogens with two attached hydrogens (primary N) is 1. The van der Waals surface area contributed by atoms with Crippen LogP contribution in [0.2, 0.25) is 0 Å². The third-order valence-electron chi connectivity index (χ3n) is 1.38. The molecule has 0 fully saturated rings. The Labute approximate surface area is 79.7 Å². The highest BCUT2D eigenvalue weighted by Gasteiger charge is 2.05. The Balaban J connectivity index is 2.81.